The normalized spacial score (nSPS) is 23.9. The van der Waals surface area contributed by atoms with Crippen LogP contribution < -0.4 is 10.5 Å². The van der Waals surface area contributed by atoms with E-state index in [9.17, 15) is 4.79 Å². The minimum Gasteiger partial charge on any atom is -0.351 e. The third-order valence-corrected chi connectivity index (χ3v) is 5.67. The lowest BCUT2D eigenvalue weighted by Crippen LogP contribution is -2.34. The van der Waals surface area contributed by atoms with Crippen LogP contribution in [0, 0.1) is 11.8 Å². The molecule has 0 saturated heterocycles. The molecule has 4 heteroatoms. The number of hydrogen-bond donors (Lipinski definition) is 0. The van der Waals surface area contributed by atoms with E-state index in [1.165, 1.54) is 5.56 Å². The molecule has 2 aromatic heterocycles. The molecule has 26 heavy (non-hydrogen) atoms. The Hall–Kier alpha value is -2.88. The minimum atomic E-state index is 0.0883. The molecule has 1 aliphatic carbocycles. The van der Waals surface area contributed by atoms with Crippen molar-refractivity contribution in [1.82, 2.24) is 9.38 Å². The van der Waals surface area contributed by atoms with E-state index >= 15 is 0 Å². The Morgan fingerprint density at radius 1 is 1.15 bits per heavy atom. The van der Waals surface area contributed by atoms with Gasteiger partial charge in [0.1, 0.15) is 11.5 Å². The SMILES string of the molecule is C/C=C/[C@H]1[C@@H]2CN(Cc3ccccc3)c3nc4ccccn4c(=O)c3[C@H]12. The second-order valence-electron chi connectivity index (χ2n) is 7.24. The summed E-state index contributed by atoms with van der Waals surface area (Å²) in [6.07, 6.45) is 6.18. The zero-order valence-electron chi connectivity index (χ0n) is 14.7. The van der Waals surface area contributed by atoms with Gasteiger partial charge in [0.25, 0.3) is 5.56 Å². The van der Waals surface area contributed by atoms with E-state index in [0.717, 1.165) is 30.1 Å². The summed E-state index contributed by atoms with van der Waals surface area (Å²) in [5, 5.41) is 0. The van der Waals surface area contributed by atoms with Gasteiger partial charge in [-0.25, -0.2) is 4.98 Å². The van der Waals surface area contributed by atoms with Gasteiger partial charge in [0, 0.05) is 25.2 Å². The van der Waals surface area contributed by atoms with Gasteiger partial charge in [-0.2, -0.15) is 0 Å². The quantitative estimate of drug-likeness (QED) is 0.682. The van der Waals surface area contributed by atoms with Crippen molar-refractivity contribution in [2.45, 2.75) is 19.4 Å². The smallest absolute Gasteiger partial charge is 0.263 e. The van der Waals surface area contributed by atoms with E-state index in [4.69, 9.17) is 4.98 Å². The van der Waals surface area contributed by atoms with Crippen molar-refractivity contribution in [3.63, 3.8) is 0 Å². The van der Waals surface area contributed by atoms with Crippen LogP contribution in [0.15, 0.2) is 71.7 Å². The van der Waals surface area contributed by atoms with E-state index in [1.54, 1.807) is 4.40 Å². The van der Waals surface area contributed by atoms with Gasteiger partial charge in [0.05, 0.1) is 5.56 Å². The average Bonchev–Trinajstić information content (AvgIpc) is 3.35. The Balaban J connectivity index is 1.66. The molecule has 4 nitrogen and oxygen atoms in total. The molecule has 3 heterocycles. The lowest BCUT2D eigenvalue weighted by Gasteiger charge is -2.29. The van der Waals surface area contributed by atoms with Gasteiger partial charge in [-0.15, -0.1) is 0 Å². The second-order valence-corrected chi connectivity index (χ2v) is 7.24. The molecule has 0 N–H and O–H groups in total. The predicted molar refractivity (Wildman–Crippen MR) is 103 cm³/mol. The number of fused-ring (bicyclic) bond motifs is 4. The van der Waals surface area contributed by atoms with Crippen LogP contribution in [0.1, 0.15) is 24.0 Å². The Bertz CT molecular complexity index is 1050. The molecule has 0 unspecified atom stereocenters. The number of allylic oxidation sites excluding steroid dienone is 2. The van der Waals surface area contributed by atoms with Crippen LogP contribution in [0.3, 0.4) is 0 Å². The van der Waals surface area contributed by atoms with Gasteiger partial charge in [-0.05, 0) is 36.5 Å². The first kappa shape index (κ1) is 15.4. The summed E-state index contributed by atoms with van der Waals surface area (Å²) in [7, 11) is 0. The highest BCUT2D eigenvalue weighted by atomic mass is 16.1. The molecule has 0 bridgehead atoms. The number of anilines is 1. The first-order valence-corrected chi connectivity index (χ1v) is 9.21. The van der Waals surface area contributed by atoms with Crippen LogP contribution >= 0.6 is 0 Å². The van der Waals surface area contributed by atoms with E-state index in [2.05, 4.69) is 48.2 Å². The predicted octanol–water partition coefficient (Wildman–Crippen LogP) is 3.62. The van der Waals surface area contributed by atoms with E-state index in [1.807, 2.05) is 30.5 Å². The summed E-state index contributed by atoms with van der Waals surface area (Å²) >= 11 is 0. The average molecular weight is 343 g/mol. The first-order chi connectivity index (χ1) is 12.8. The molecule has 1 saturated carbocycles. The fourth-order valence-electron chi connectivity index (χ4n) is 4.43. The number of hydrogen-bond acceptors (Lipinski definition) is 3. The fraction of sp³-hybridized carbons (Fsp3) is 0.273. The lowest BCUT2D eigenvalue weighted by atomic mass is 10.1. The van der Waals surface area contributed by atoms with Crippen molar-refractivity contribution in [1.29, 1.82) is 0 Å². The first-order valence-electron chi connectivity index (χ1n) is 9.21. The Morgan fingerprint density at radius 3 is 2.77 bits per heavy atom. The molecule has 0 radical (unpaired) electrons. The number of benzene rings is 1. The van der Waals surface area contributed by atoms with Crippen molar-refractivity contribution in [2.75, 3.05) is 11.4 Å². The highest BCUT2D eigenvalue weighted by Gasteiger charge is 2.55. The summed E-state index contributed by atoms with van der Waals surface area (Å²) in [5.74, 6) is 2.15. The van der Waals surface area contributed by atoms with Crippen LogP contribution in [-0.4, -0.2) is 15.9 Å². The van der Waals surface area contributed by atoms with Crippen molar-refractivity contribution in [3.8, 4) is 0 Å². The molecule has 1 aliphatic heterocycles. The van der Waals surface area contributed by atoms with Gasteiger partial charge in [0.2, 0.25) is 0 Å². The van der Waals surface area contributed by atoms with Crippen molar-refractivity contribution >= 4 is 11.5 Å². The lowest BCUT2D eigenvalue weighted by molar-refractivity contribution is 0.652. The summed E-state index contributed by atoms with van der Waals surface area (Å²) in [6, 6.07) is 16.2. The topological polar surface area (TPSA) is 37.6 Å². The number of pyridine rings is 1. The molecule has 5 rings (SSSR count). The maximum absolute atomic E-state index is 13.2. The van der Waals surface area contributed by atoms with Crippen LogP contribution in [-0.2, 0) is 6.54 Å². The summed E-state index contributed by atoms with van der Waals surface area (Å²) in [4.78, 5) is 20.4. The molecule has 130 valence electrons. The highest BCUT2D eigenvalue weighted by molar-refractivity contribution is 5.60. The Morgan fingerprint density at radius 2 is 1.96 bits per heavy atom. The largest absolute Gasteiger partial charge is 0.351 e. The van der Waals surface area contributed by atoms with Crippen molar-refractivity contribution in [3.05, 3.63) is 88.4 Å². The molecule has 0 amide bonds. The molecular formula is C22H21N3O. The van der Waals surface area contributed by atoms with Gasteiger partial charge < -0.3 is 4.90 Å². The maximum atomic E-state index is 13.2. The third-order valence-electron chi connectivity index (χ3n) is 5.67. The summed E-state index contributed by atoms with van der Waals surface area (Å²) in [6.45, 7) is 3.80. The van der Waals surface area contributed by atoms with Crippen LogP contribution in [0.5, 0.6) is 0 Å². The monoisotopic (exact) mass is 343 g/mol. The van der Waals surface area contributed by atoms with Crippen molar-refractivity contribution < 1.29 is 0 Å². The number of rotatable bonds is 3. The Kier molecular flexibility index (Phi) is 3.45. The zero-order valence-corrected chi connectivity index (χ0v) is 14.7. The molecule has 1 aromatic carbocycles. The standard InChI is InChI=1S/C22H21N3O/c1-2-8-16-17-14-24(13-15-9-4-3-5-10-15)21-20(19(16)17)22(26)25-12-7-6-11-18(25)23-21/h2-12,16-17,19H,13-14H2,1H3/b8-2+/t16-,17-,19+/m0/s1. The van der Waals surface area contributed by atoms with Crippen LogP contribution in [0.25, 0.3) is 5.65 Å². The van der Waals surface area contributed by atoms with E-state index in [0.29, 0.717) is 17.8 Å². The fourth-order valence-corrected chi connectivity index (χ4v) is 4.43. The molecule has 0 spiro atoms. The van der Waals surface area contributed by atoms with Gasteiger partial charge in [0.15, 0.2) is 0 Å². The molecular weight excluding hydrogens is 322 g/mol. The summed E-state index contributed by atoms with van der Waals surface area (Å²) < 4.78 is 1.69. The number of nitrogens with zero attached hydrogens (tertiary/aromatic N) is 3. The zero-order chi connectivity index (χ0) is 17.7. The molecule has 3 aromatic rings. The van der Waals surface area contributed by atoms with Gasteiger partial charge >= 0.3 is 0 Å². The Labute approximate surface area is 152 Å². The van der Waals surface area contributed by atoms with Crippen molar-refractivity contribution in [2.24, 2.45) is 11.8 Å². The third kappa shape index (κ3) is 2.29. The summed E-state index contributed by atoms with van der Waals surface area (Å²) in [5.41, 5.74) is 2.94. The van der Waals surface area contributed by atoms with Crippen LogP contribution in [0.2, 0.25) is 0 Å². The molecule has 3 atom stereocenters. The number of aromatic nitrogens is 2. The second kappa shape index (κ2) is 5.84. The van der Waals surface area contributed by atoms with E-state index in [-0.39, 0.29) is 5.56 Å². The molecule has 2 aliphatic rings. The highest BCUT2D eigenvalue weighted by Crippen LogP contribution is 2.59. The van der Waals surface area contributed by atoms with Gasteiger partial charge in [-0.3, -0.25) is 9.20 Å². The van der Waals surface area contributed by atoms with Gasteiger partial charge in [-0.1, -0.05) is 48.6 Å². The maximum Gasteiger partial charge on any atom is 0.263 e. The molecule has 1 fully saturated rings. The van der Waals surface area contributed by atoms with Crippen LogP contribution in [0.4, 0.5) is 5.82 Å². The minimum absolute atomic E-state index is 0.0883. The van der Waals surface area contributed by atoms with E-state index < -0.39 is 0 Å².